The number of nitrogens with zero attached hydrogens (tertiary/aromatic N) is 3. The minimum Gasteiger partial charge on any atom is -0.383 e. The van der Waals surface area contributed by atoms with Crippen LogP contribution in [0.5, 0.6) is 0 Å². The zero-order chi connectivity index (χ0) is 35.0. The highest BCUT2D eigenvalue weighted by Crippen LogP contribution is 2.58. The SMILES string of the molecule is CC(C)(C)c1ccc([C@@H]2[C@H](C(=O)c3ccccn3)[C@H](c3ccc(C(C)(C)C)cc3)C[C@](O)(c3ccccn3)[C@H]2C(=O)c2ccccn2)cc1. The van der Waals surface area contributed by atoms with E-state index in [1.165, 1.54) is 0 Å². The van der Waals surface area contributed by atoms with Crippen LogP contribution in [0.4, 0.5) is 0 Å². The summed E-state index contributed by atoms with van der Waals surface area (Å²) in [5.41, 5.74) is 3.03. The Labute approximate surface area is 289 Å². The Morgan fingerprint density at radius 3 is 1.53 bits per heavy atom. The molecule has 0 bridgehead atoms. The van der Waals surface area contributed by atoms with E-state index >= 15 is 0 Å². The Kier molecular flexibility index (Phi) is 9.21. The standard InChI is InChI=1S/C43H45N3O3/c1-41(2,3)30-20-16-28(17-21-30)32-27-43(49,35-15-9-12-26-46-35)38(40(48)34-14-8-11-25-45-34)36(29-18-22-31(23-19-29)42(4,5)6)37(32)39(47)33-13-7-10-24-44-33/h7-26,32,36-38,49H,27H2,1-6H3/t32-,36+,37+,38+,43-/m0/s1. The Morgan fingerprint density at radius 2 is 1.08 bits per heavy atom. The van der Waals surface area contributed by atoms with Gasteiger partial charge in [-0.25, -0.2) is 0 Å². The van der Waals surface area contributed by atoms with Crippen molar-refractivity contribution in [3.63, 3.8) is 0 Å². The van der Waals surface area contributed by atoms with E-state index in [4.69, 9.17) is 0 Å². The third-order valence-corrected chi connectivity index (χ3v) is 10.1. The van der Waals surface area contributed by atoms with Gasteiger partial charge in [-0.15, -0.1) is 0 Å². The minimum atomic E-state index is -1.74. The molecule has 1 fully saturated rings. The van der Waals surface area contributed by atoms with E-state index in [0.717, 1.165) is 22.3 Å². The molecule has 0 radical (unpaired) electrons. The van der Waals surface area contributed by atoms with Crippen molar-refractivity contribution in [2.75, 3.05) is 0 Å². The summed E-state index contributed by atoms with van der Waals surface area (Å²) in [7, 11) is 0. The molecule has 5 atom stereocenters. The van der Waals surface area contributed by atoms with Crippen molar-refractivity contribution in [3.8, 4) is 0 Å². The summed E-state index contributed by atoms with van der Waals surface area (Å²) < 4.78 is 0. The second-order valence-electron chi connectivity index (χ2n) is 15.4. The van der Waals surface area contributed by atoms with Crippen LogP contribution >= 0.6 is 0 Å². The van der Waals surface area contributed by atoms with Gasteiger partial charge in [0.05, 0.1) is 11.6 Å². The first-order valence-electron chi connectivity index (χ1n) is 17.0. The fourth-order valence-electron chi connectivity index (χ4n) is 7.46. The van der Waals surface area contributed by atoms with Gasteiger partial charge in [0.15, 0.2) is 11.6 Å². The molecule has 0 aliphatic heterocycles. The summed E-state index contributed by atoms with van der Waals surface area (Å²) in [6, 6.07) is 32.5. The number of carbonyl (C=O) groups excluding carboxylic acids is 2. The number of aliphatic hydroxyl groups is 1. The largest absolute Gasteiger partial charge is 0.383 e. The van der Waals surface area contributed by atoms with E-state index in [9.17, 15) is 14.7 Å². The van der Waals surface area contributed by atoms with Crippen LogP contribution in [-0.4, -0.2) is 31.6 Å². The first-order chi connectivity index (χ1) is 23.3. The van der Waals surface area contributed by atoms with Crippen LogP contribution < -0.4 is 0 Å². The molecule has 0 saturated heterocycles. The first kappa shape index (κ1) is 34.1. The molecule has 49 heavy (non-hydrogen) atoms. The zero-order valence-corrected chi connectivity index (χ0v) is 29.2. The number of benzene rings is 2. The van der Waals surface area contributed by atoms with Gasteiger partial charge in [-0.2, -0.15) is 0 Å². The smallest absolute Gasteiger partial charge is 0.188 e. The third-order valence-electron chi connectivity index (χ3n) is 10.1. The number of aromatic nitrogens is 3. The summed E-state index contributed by atoms with van der Waals surface area (Å²) in [4.78, 5) is 43.5. The number of ketones is 2. The van der Waals surface area contributed by atoms with Gasteiger partial charge in [-0.3, -0.25) is 24.5 Å². The van der Waals surface area contributed by atoms with E-state index in [2.05, 4.69) is 92.9 Å². The van der Waals surface area contributed by atoms with E-state index < -0.39 is 29.3 Å². The summed E-state index contributed by atoms with van der Waals surface area (Å²) >= 11 is 0. The predicted octanol–water partition coefficient (Wildman–Crippen LogP) is 8.62. The summed E-state index contributed by atoms with van der Waals surface area (Å²) in [5.74, 6) is -3.55. The highest BCUT2D eigenvalue weighted by molar-refractivity contribution is 6.01. The van der Waals surface area contributed by atoms with Crippen molar-refractivity contribution in [2.24, 2.45) is 11.8 Å². The number of rotatable bonds is 7. The quantitative estimate of drug-likeness (QED) is 0.177. The van der Waals surface area contributed by atoms with Crippen LogP contribution in [-0.2, 0) is 16.4 Å². The molecule has 5 aromatic rings. The Hall–Kier alpha value is -4.81. The lowest BCUT2D eigenvalue weighted by atomic mass is 9.53. The molecule has 1 N–H and O–H groups in total. The predicted molar refractivity (Wildman–Crippen MR) is 193 cm³/mol. The van der Waals surface area contributed by atoms with E-state index in [-0.39, 0.29) is 34.5 Å². The molecule has 0 spiro atoms. The average molecular weight is 652 g/mol. The Morgan fingerprint density at radius 1 is 0.612 bits per heavy atom. The van der Waals surface area contributed by atoms with Crippen LogP contribution in [0.15, 0.2) is 122 Å². The van der Waals surface area contributed by atoms with E-state index in [1.807, 2.05) is 24.3 Å². The molecule has 3 aromatic heterocycles. The van der Waals surface area contributed by atoms with Crippen molar-refractivity contribution in [3.05, 3.63) is 161 Å². The summed E-state index contributed by atoms with van der Waals surface area (Å²) in [6.45, 7) is 13.0. The second kappa shape index (κ2) is 13.2. The highest BCUT2D eigenvalue weighted by Gasteiger charge is 2.59. The molecule has 1 saturated carbocycles. The van der Waals surface area contributed by atoms with Gasteiger partial charge in [-0.1, -0.05) is 108 Å². The normalized spacial score (nSPS) is 22.8. The Bertz CT molecular complexity index is 1900. The number of hydrogen-bond acceptors (Lipinski definition) is 6. The molecular weight excluding hydrogens is 606 g/mol. The lowest BCUT2D eigenvalue weighted by Crippen LogP contribution is -2.54. The maximum Gasteiger partial charge on any atom is 0.188 e. The third kappa shape index (κ3) is 6.75. The van der Waals surface area contributed by atoms with Crippen LogP contribution in [0, 0.1) is 11.8 Å². The van der Waals surface area contributed by atoms with Crippen molar-refractivity contribution < 1.29 is 14.7 Å². The van der Waals surface area contributed by atoms with Gasteiger partial charge in [-0.05, 0) is 81.8 Å². The fraction of sp³-hybridized carbons (Fsp3) is 0.326. The van der Waals surface area contributed by atoms with E-state index in [0.29, 0.717) is 11.4 Å². The fourth-order valence-corrected chi connectivity index (χ4v) is 7.46. The molecule has 1 aliphatic carbocycles. The molecule has 250 valence electrons. The summed E-state index contributed by atoms with van der Waals surface area (Å²) in [5, 5.41) is 13.2. The van der Waals surface area contributed by atoms with Gasteiger partial charge < -0.3 is 5.11 Å². The van der Waals surface area contributed by atoms with Gasteiger partial charge in [0.25, 0.3) is 0 Å². The van der Waals surface area contributed by atoms with E-state index in [1.54, 1.807) is 61.1 Å². The number of Topliss-reactive ketones (excluding diaryl/α,β-unsaturated/α-hetero) is 2. The van der Waals surface area contributed by atoms with Gasteiger partial charge in [0.1, 0.15) is 17.0 Å². The first-order valence-corrected chi connectivity index (χ1v) is 17.0. The average Bonchev–Trinajstić information content (AvgIpc) is 3.11. The molecule has 3 heterocycles. The molecule has 1 aliphatic rings. The monoisotopic (exact) mass is 651 g/mol. The molecule has 6 heteroatoms. The van der Waals surface area contributed by atoms with Crippen LogP contribution in [0.3, 0.4) is 0 Å². The van der Waals surface area contributed by atoms with Gasteiger partial charge in [0.2, 0.25) is 0 Å². The molecule has 0 unspecified atom stereocenters. The Balaban J connectivity index is 1.65. The summed E-state index contributed by atoms with van der Waals surface area (Å²) in [6.07, 6.45) is 4.94. The lowest BCUT2D eigenvalue weighted by Gasteiger charge is -2.50. The minimum absolute atomic E-state index is 0.0689. The maximum atomic E-state index is 15.0. The number of hydrogen-bond donors (Lipinski definition) is 1. The lowest BCUT2D eigenvalue weighted by molar-refractivity contribution is -0.0722. The van der Waals surface area contributed by atoms with Crippen molar-refractivity contribution >= 4 is 11.6 Å². The van der Waals surface area contributed by atoms with Crippen LogP contribution in [0.25, 0.3) is 0 Å². The van der Waals surface area contributed by atoms with Crippen molar-refractivity contribution in [1.29, 1.82) is 0 Å². The molecule has 0 amide bonds. The topological polar surface area (TPSA) is 93.0 Å². The van der Waals surface area contributed by atoms with Crippen LogP contribution in [0.2, 0.25) is 0 Å². The highest BCUT2D eigenvalue weighted by atomic mass is 16.3. The molecular formula is C43H45N3O3. The zero-order valence-electron chi connectivity index (χ0n) is 29.2. The number of pyridine rings is 3. The maximum absolute atomic E-state index is 15.0. The van der Waals surface area contributed by atoms with Gasteiger partial charge >= 0.3 is 0 Å². The van der Waals surface area contributed by atoms with Crippen LogP contribution in [0.1, 0.15) is 109 Å². The van der Waals surface area contributed by atoms with Gasteiger partial charge in [0, 0.05) is 30.4 Å². The molecule has 2 aromatic carbocycles. The second-order valence-corrected chi connectivity index (χ2v) is 15.4. The molecule has 6 nitrogen and oxygen atoms in total. The number of carbonyl (C=O) groups is 2. The van der Waals surface area contributed by atoms with Crippen molar-refractivity contribution in [2.45, 2.75) is 76.2 Å². The molecule has 6 rings (SSSR count). The van der Waals surface area contributed by atoms with Crippen molar-refractivity contribution in [1.82, 2.24) is 15.0 Å².